The van der Waals surface area contributed by atoms with E-state index in [-0.39, 0.29) is 28.6 Å². The van der Waals surface area contributed by atoms with Crippen LogP contribution in [-0.4, -0.2) is 65.5 Å². The third-order valence-electron chi connectivity index (χ3n) is 7.60. The zero-order valence-corrected chi connectivity index (χ0v) is 24.8. The number of carbonyl (C=O) groups is 1. The van der Waals surface area contributed by atoms with E-state index in [0.29, 0.717) is 35.7 Å². The lowest BCUT2D eigenvalue weighted by Gasteiger charge is -2.25. The van der Waals surface area contributed by atoms with Gasteiger partial charge in [0.25, 0.3) is 10.0 Å². The van der Waals surface area contributed by atoms with E-state index in [2.05, 4.69) is 20.9 Å². The largest absolute Gasteiger partial charge is 0.365 e. The Bertz CT molecular complexity index is 1700. The van der Waals surface area contributed by atoms with Crippen LogP contribution >= 0.6 is 11.8 Å². The SMILES string of the molecule is Cc1ccc(S(=O)(=O)n2ccc3c(N[C@@H]4CCCNC4)nc(Nc4cccc(N(Cl)C(=O)N5CCCC5)c4)nc32)cc1. The summed E-state index contributed by atoms with van der Waals surface area (Å²) in [6.07, 6.45) is 5.43. The second kappa shape index (κ2) is 11.8. The number of likely N-dealkylation sites (tertiary alicyclic amines) is 1. The summed E-state index contributed by atoms with van der Waals surface area (Å²) in [5, 5.41) is 10.7. The Labute approximate surface area is 250 Å². The molecule has 42 heavy (non-hydrogen) atoms. The summed E-state index contributed by atoms with van der Waals surface area (Å²) in [6.45, 7) is 5.01. The maximum atomic E-state index is 13.7. The van der Waals surface area contributed by atoms with Crippen LogP contribution in [0.1, 0.15) is 31.2 Å². The van der Waals surface area contributed by atoms with Crippen molar-refractivity contribution >= 4 is 62.0 Å². The van der Waals surface area contributed by atoms with E-state index in [1.165, 1.54) is 10.2 Å². The number of hydrogen-bond acceptors (Lipinski definition) is 8. The highest BCUT2D eigenvalue weighted by atomic mass is 35.5. The fourth-order valence-electron chi connectivity index (χ4n) is 5.32. The minimum Gasteiger partial charge on any atom is -0.365 e. The van der Waals surface area contributed by atoms with Gasteiger partial charge in [-0.05, 0) is 75.5 Å². The average molecular weight is 609 g/mol. The molecule has 2 saturated heterocycles. The van der Waals surface area contributed by atoms with Crippen LogP contribution in [0, 0.1) is 6.92 Å². The van der Waals surface area contributed by atoms with Crippen molar-refractivity contribution in [1.29, 1.82) is 0 Å². The topological polar surface area (TPSA) is 124 Å². The second-order valence-corrected chi connectivity index (χ2v) is 12.8. The van der Waals surface area contributed by atoms with E-state index < -0.39 is 10.0 Å². The first kappa shape index (κ1) is 28.3. The zero-order chi connectivity index (χ0) is 29.3. The third kappa shape index (κ3) is 5.74. The van der Waals surface area contributed by atoms with Crippen molar-refractivity contribution in [3.05, 3.63) is 66.4 Å². The van der Waals surface area contributed by atoms with Gasteiger partial charge in [0.1, 0.15) is 5.82 Å². The molecule has 0 bridgehead atoms. The van der Waals surface area contributed by atoms with Gasteiger partial charge in [-0.3, -0.25) is 0 Å². The Morgan fingerprint density at radius 3 is 2.60 bits per heavy atom. The number of aryl methyl sites for hydroxylation is 1. The Balaban J connectivity index is 1.36. The van der Waals surface area contributed by atoms with Crippen LogP contribution in [0.15, 0.2) is 65.7 Å². The standard InChI is InChI=1S/C29H33ClN8O3S/c1-20-9-11-24(12-10-20)42(40,41)37-17-13-25-26(32-22-7-5-14-31-19-22)34-28(35-27(25)37)33-21-6-4-8-23(18-21)38(30)29(39)36-15-2-3-16-36/h4,6,8-13,17-18,22,31H,2-3,5,7,14-16,19H2,1H3,(H2,32,33,34,35)/t22-/m1/s1. The molecule has 3 N–H and O–H groups in total. The van der Waals surface area contributed by atoms with Crippen molar-refractivity contribution in [2.24, 2.45) is 0 Å². The summed E-state index contributed by atoms with van der Waals surface area (Å²) in [7, 11) is -3.92. The molecule has 0 unspecified atom stereocenters. The maximum Gasteiger partial charge on any atom is 0.339 e. The first-order valence-electron chi connectivity index (χ1n) is 14.1. The van der Waals surface area contributed by atoms with Gasteiger partial charge in [0.05, 0.1) is 16.0 Å². The second-order valence-electron chi connectivity index (χ2n) is 10.7. The minimum atomic E-state index is -3.92. The third-order valence-corrected chi connectivity index (χ3v) is 9.62. The fraction of sp³-hybridized carbons (Fsp3) is 0.345. The summed E-state index contributed by atoms with van der Waals surface area (Å²) in [5.74, 6) is 0.741. The number of anilines is 4. The summed E-state index contributed by atoms with van der Waals surface area (Å²) < 4.78 is 29.7. The highest BCUT2D eigenvalue weighted by Gasteiger charge is 2.25. The number of carbonyl (C=O) groups excluding carboxylic acids is 1. The smallest absolute Gasteiger partial charge is 0.339 e. The molecule has 1 atom stereocenters. The van der Waals surface area contributed by atoms with Gasteiger partial charge in [0.2, 0.25) is 5.95 Å². The van der Waals surface area contributed by atoms with Gasteiger partial charge in [0, 0.05) is 49.3 Å². The van der Waals surface area contributed by atoms with E-state index >= 15 is 0 Å². The van der Waals surface area contributed by atoms with Gasteiger partial charge in [-0.15, -0.1) is 0 Å². The molecule has 2 amide bonds. The molecule has 2 aliphatic heterocycles. The first-order chi connectivity index (χ1) is 20.3. The van der Waals surface area contributed by atoms with Crippen molar-refractivity contribution in [1.82, 2.24) is 24.2 Å². The van der Waals surface area contributed by atoms with Crippen molar-refractivity contribution in [3.8, 4) is 0 Å². The molecule has 4 aromatic rings. The summed E-state index contributed by atoms with van der Waals surface area (Å²) in [5.41, 5.74) is 2.30. The van der Waals surface area contributed by atoms with Crippen LogP contribution in [0.2, 0.25) is 0 Å². The number of nitrogens with zero attached hydrogens (tertiary/aromatic N) is 5. The number of hydrogen-bond donors (Lipinski definition) is 3. The van der Waals surface area contributed by atoms with Crippen molar-refractivity contribution in [3.63, 3.8) is 0 Å². The van der Waals surface area contributed by atoms with Crippen molar-refractivity contribution < 1.29 is 13.2 Å². The highest BCUT2D eigenvalue weighted by molar-refractivity contribution is 7.90. The summed E-state index contributed by atoms with van der Waals surface area (Å²) in [6, 6.07) is 15.4. The van der Waals surface area contributed by atoms with Crippen molar-refractivity contribution in [2.75, 3.05) is 41.2 Å². The number of amides is 2. The summed E-state index contributed by atoms with van der Waals surface area (Å²) >= 11 is 6.44. The normalized spacial score (nSPS) is 17.4. The van der Waals surface area contributed by atoms with Gasteiger partial charge < -0.3 is 20.9 Å². The van der Waals surface area contributed by atoms with E-state index in [0.717, 1.165) is 48.8 Å². The Morgan fingerprint density at radius 1 is 1.07 bits per heavy atom. The number of aromatic nitrogens is 3. The Hall–Kier alpha value is -3.87. The van der Waals surface area contributed by atoms with Gasteiger partial charge >= 0.3 is 6.03 Å². The molecular formula is C29H33ClN8O3S. The Morgan fingerprint density at radius 2 is 1.86 bits per heavy atom. The molecule has 2 aromatic carbocycles. The molecule has 11 nitrogen and oxygen atoms in total. The summed E-state index contributed by atoms with van der Waals surface area (Å²) in [4.78, 5) is 24.1. The van der Waals surface area contributed by atoms with E-state index in [1.807, 2.05) is 13.0 Å². The molecule has 0 aliphatic carbocycles. The number of halogens is 1. The predicted molar refractivity (Wildman–Crippen MR) is 165 cm³/mol. The van der Waals surface area contributed by atoms with E-state index in [1.54, 1.807) is 53.4 Å². The molecule has 0 spiro atoms. The van der Waals surface area contributed by atoms with Crippen LogP contribution in [-0.2, 0) is 10.0 Å². The molecule has 0 saturated carbocycles. The number of urea groups is 1. The number of benzene rings is 2. The van der Waals surface area contributed by atoms with Crippen molar-refractivity contribution in [2.45, 2.75) is 43.5 Å². The fourth-order valence-corrected chi connectivity index (χ4v) is 6.83. The van der Waals surface area contributed by atoms with Crippen LogP contribution in [0.3, 0.4) is 0 Å². The quantitative estimate of drug-likeness (QED) is 0.249. The maximum absolute atomic E-state index is 13.7. The molecule has 13 heteroatoms. The van der Waals surface area contributed by atoms with Crippen LogP contribution in [0.4, 0.5) is 27.9 Å². The number of piperidine rings is 1. The van der Waals surface area contributed by atoms with E-state index in [4.69, 9.17) is 16.8 Å². The van der Waals surface area contributed by atoms with Crippen LogP contribution < -0.4 is 20.4 Å². The van der Waals surface area contributed by atoms with Gasteiger partial charge in [-0.2, -0.15) is 9.97 Å². The molecule has 2 aliphatic rings. The molecule has 2 aromatic heterocycles. The molecular weight excluding hydrogens is 576 g/mol. The van der Waals surface area contributed by atoms with E-state index in [9.17, 15) is 13.2 Å². The lowest BCUT2D eigenvalue weighted by atomic mass is 10.1. The zero-order valence-electron chi connectivity index (χ0n) is 23.3. The molecule has 2 fully saturated rings. The molecule has 220 valence electrons. The first-order valence-corrected chi connectivity index (χ1v) is 15.9. The molecule has 4 heterocycles. The van der Waals surface area contributed by atoms with Crippen LogP contribution in [0.5, 0.6) is 0 Å². The average Bonchev–Trinajstić information content (AvgIpc) is 3.69. The van der Waals surface area contributed by atoms with Gasteiger partial charge in [-0.1, -0.05) is 23.8 Å². The number of fused-ring (bicyclic) bond motifs is 1. The molecule has 6 rings (SSSR count). The van der Waals surface area contributed by atoms with Crippen LogP contribution in [0.25, 0.3) is 11.0 Å². The van der Waals surface area contributed by atoms with Gasteiger partial charge in [0.15, 0.2) is 5.65 Å². The lowest BCUT2D eigenvalue weighted by Crippen LogP contribution is -2.38. The number of rotatable bonds is 7. The highest BCUT2D eigenvalue weighted by Crippen LogP contribution is 2.30. The lowest BCUT2D eigenvalue weighted by molar-refractivity contribution is 0.219. The predicted octanol–water partition coefficient (Wildman–Crippen LogP) is 5.06. The van der Waals surface area contributed by atoms with Gasteiger partial charge in [-0.25, -0.2) is 21.6 Å². The Kier molecular flexibility index (Phi) is 7.93. The number of nitrogens with one attached hydrogen (secondary N) is 3. The minimum absolute atomic E-state index is 0.131. The monoisotopic (exact) mass is 608 g/mol. The molecule has 0 radical (unpaired) electrons.